The number of aliphatic hydroxyl groups excluding tert-OH is 1. The molecule has 1 saturated heterocycles. The lowest BCUT2D eigenvalue weighted by atomic mass is 10.0. The third-order valence-corrected chi connectivity index (χ3v) is 4.33. The van der Waals surface area contributed by atoms with Crippen LogP contribution in [0, 0.1) is 0 Å². The van der Waals surface area contributed by atoms with Gasteiger partial charge in [-0.1, -0.05) is 24.3 Å². The average molecular weight is 355 g/mol. The highest BCUT2D eigenvalue weighted by Crippen LogP contribution is 2.24. The van der Waals surface area contributed by atoms with Crippen LogP contribution in [0.2, 0.25) is 0 Å². The first-order valence-corrected chi connectivity index (χ1v) is 8.33. The third-order valence-electron chi connectivity index (χ3n) is 4.33. The van der Waals surface area contributed by atoms with Crippen LogP contribution in [0.25, 0.3) is 6.08 Å². The Balaban J connectivity index is 1.68. The maximum absolute atomic E-state index is 11.2. The van der Waals surface area contributed by atoms with Crippen molar-refractivity contribution in [3.63, 3.8) is 0 Å². The predicted octanol–water partition coefficient (Wildman–Crippen LogP) is 0.808. The van der Waals surface area contributed by atoms with Crippen LogP contribution >= 0.6 is 0 Å². The molecule has 0 bridgehead atoms. The van der Waals surface area contributed by atoms with E-state index in [9.17, 15) is 9.90 Å². The summed E-state index contributed by atoms with van der Waals surface area (Å²) in [4.78, 5) is 23.7. The minimum atomic E-state index is -0.781. The molecule has 136 valence electrons. The molecule has 3 rings (SSSR count). The maximum atomic E-state index is 11.2. The summed E-state index contributed by atoms with van der Waals surface area (Å²) in [5.74, 6) is 0.215. The topological polar surface area (TPSA) is 102 Å². The van der Waals surface area contributed by atoms with Crippen LogP contribution in [0.4, 0.5) is 5.82 Å². The first-order valence-electron chi connectivity index (χ1n) is 8.33. The normalized spacial score (nSPS) is 16.6. The van der Waals surface area contributed by atoms with E-state index >= 15 is 0 Å². The predicted molar refractivity (Wildman–Crippen MR) is 96.2 cm³/mol. The van der Waals surface area contributed by atoms with Gasteiger partial charge in [0.05, 0.1) is 6.20 Å². The fourth-order valence-electron chi connectivity index (χ4n) is 2.95. The van der Waals surface area contributed by atoms with E-state index in [0.29, 0.717) is 18.7 Å². The van der Waals surface area contributed by atoms with Gasteiger partial charge in [0.2, 0.25) is 0 Å². The van der Waals surface area contributed by atoms with E-state index in [2.05, 4.69) is 14.9 Å². The van der Waals surface area contributed by atoms with Crippen LogP contribution in [0.15, 0.2) is 48.9 Å². The number of rotatable bonds is 5. The molecule has 0 radical (unpaired) electrons. The van der Waals surface area contributed by atoms with Gasteiger partial charge in [0.15, 0.2) is 0 Å². The van der Waals surface area contributed by atoms with Crippen molar-refractivity contribution in [3.8, 4) is 0 Å². The summed E-state index contributed by atoms with van der Waals surface area (Å²) in [5, 5.41) is 19.4. The lowest BCUT2D eigenvalue weighted by molar-refractivity contribution is -0.124. The van der Waals surface area contributed by atoms with Gasteiger partial charge in [-0.3, -0.25) is 19.9 Å². The fourth-order valence-corrected chi connectivity index (χ4v) is 2.95. The molecule has 0 aliphatic carbocycles. The monoisotopic (exact) mass is 355 g/mol. The highest BCUT2D eigenvalue weighted by Gasteiger charge is 2.25. The Hall–Kier alpha value is -2.81. The zero-order valence-electron chi connectivity index (χ0n) is 14.2. The van der Waals surface area contributed by atoms with Crippen LogP contribution in [-0.4, -0.2) is 57.3 Å². The summed E-state index contributed by atoms with van der Waals surface area (Å²) < 4.78 is 0. The molecule has 1 aliphatic heterocycles. The second-order valence-corrected chi connectivity index (χ2v) is 5.90. The number of carbonyl (C=O) groups is 1. The number of benzene rings is 1. The van der Waals surface area contributed by atoms with E-state index in [1.807, 2.05) is 29.2 Å². The van der Waals surface area contributed by atoms with Gasteiger partial charge in [-0.05, 0) is 11.6 Å². The number of anilines is 1. The van der Waals surface area contributed by atoms with Crippen molar-refractivity contribution in [1.29, 1.82) is 0 Å². The van der Waals surface area contributed by atoms with E-state index in [4.69, 9.17) is 5.21 Å². The molecule has 26 heavy (non-hydrogen) atoms. The number of amides is 1. The van der Waals surface area contributed by atoms with E-state index in [1.165, 1.54) is 6.08 Å². The lowest BCUT2D eigenvalue weighted by Crippen LogP contribution is -2.48. The Bertz CT molecular complexity index is 760. The first-order chi connectivity index (χ1) is 12.7. The molecule has 0 spiro atoms. The molecule has 0 saturated carbocycles. The zero-order valence-corrected chi connectivity index (χ0v) is 14.2. The van der Waals surface area contributed by atoms with Crippen molar-refractivity contribution in [2.45, 2.75) is 6.23 Å². The van der Waals surface area contributed by atoms with Crippen molar-refractivity contribution in [2.75, 3.05) is 31.1 Å². The smallest absolute Gasteiger partial charge is 0.267 e. The van der Waals surface area contributed by atoms with E-state index in [1.54, 1.807) is 30.1 Å². The molecule has 1 amide bonds. The minimum Gasteiger partial charge on any atom is -0.374 e. The van der Waals surface area contributed by atoms with Crippen LogP contribution in [0.1, 0.15) is 17.4 Å². The minimum absolute atomic E-state index is 0.619. The van der Waals surface area contributed by atoms with Gasteiger partial charge in [-0.15, -0.1) is 0 Å². The molecule has 1 aromatic heterocycles. The summed E-state index contributed by atoms with van der Waals surface area (Å²) >= 11 is 0. The van der Waals surface area contributed by atoms with Gasteiger partial charge in [0.1, 0.15) is 12.0 Å². The third kappa shape index (κ3) is 4.23. The number of hydrogen-bond donors (Lipinski definition) is 3. The van der Waals surface area contributed by atoms with Gasteiger partial charge in [-0.2, -0.15) is 0 Å². The summed E-state index contributed by atoms with van der Waals surface area (Å²) in [5.41, 5.74) is 2.99. The van der Waals surface area contributed by atoms with Crippen molar-refractivity contribution >= 4 is 17.8 Å². The lowest BCUT2D eigenvalue weighted by Gasteiger charge is -2.38. The second-order valence-electron chi connectivity index (χ2n) is 5.90. The maximum Gasteiger partial charge on any atom is 0.267 e. The molecular formula is C18H21N5O3. The molecule has 3 N–H and O–H groups in total. The number of nitrogens with one attached hydrogen (secondary N) is 1. The molecule has 1 atom stereocenters. The van der Waals surface area contributed by atoms with Gasteiger partial charge in [0.25, 0.3) is 5.91 Å². The van der Waals surface area contributed by atoms with Crippen molar-refractivity contribution in [3.05, 3.63) is 60.1 Å². The molecule has 1 unspecified atom stereocenters. The average Bonchev–Trinajstić information content (AvgIpc) is 2.72. The molecule has 2 heterocycles. The number of carbonyl (C=O) groups excluding carboxylic acids is 1. The summed E-state index contributed by atoms with van der Waals surface area (Å²) in [6.45, 7) is 2.82. The van der Waals surface area contributed by atoms with E-state index in [-0.39, 0.29) is 0 Å². The second kappa shape index (κ2) is 8.52. The Labute approximate surface area is 151 Å². The SMILES string of the molecule is O=C(/C=C/c1ccccc1C(O)N1CCN(c2cnccn2)CC1)NO. The Morgan fingerprint density at radius 2 is 1.96 bits per heavy atom. The van der Waals surface area contributed by atoms with Gasteiger partial charge >= 0.3 is 0 Å². The van der Waals surface area contributed by atoms with Crippen LogP contribution in [-0.2, 0) is 4.79 Å². The number of hydrogen-bond acceptors (Lipinski definition) is 7. The largest absolute Gasteiger partial charge is 0.374 e. The standard InChI is InChI=1S/C18H21N5O3/c24-17(21-26)6-5-14-3-1-2-4-15(14)18(25)23-11-9-22(10-12-23)16-13-19-7-8-20-16/h1-8,13,18,25-26H,9-12H2,(H,21,24)/b6-5+. The van der Waals surface area contributed by atoms with E-state index < -0.39 is 12.1 Å². The summed E-state index contributed by atoms with van der Waals surface area (Å²) in [6, 6.07) is 7.32. The van der Waals surface area contributed by atoms with Crippen molar-refractivity contribution < 1.29 is 15.1 Å². The van der Waals surface area contributed by atoms with Gasteiger partial charge < -0.3 is 10.0 Å². The van der Waals surface area contributed by atoms with Crippen LogP contribution < -0.4 is 10.4 Å². The van der Waals surface area contributed by atoms with Gasteiger partial charge in [0, 0.05) is 50.2 Å². The molecular weight excluding hydrogens is 334 g/mol. The van der Waals surface area contributed by atoms with E-state index in [0.717, 1.165) is 24.5 Å². The number of hydroxylamine groups is 1. The van der Waals surface area contributed by atoms with Crippen molar-refractivity contribution in [2.24, 2.45) is 0 Å². The molecule has 1 fully saturated rings. The number of piperazine rings is 1. The molecule has 8 nitrogen and oxygen atoms in total. The number of nitrogens with zero attached hydrogens (tertiary/aromatic N) is 4. The number of aliphatic hydroxyl groups is 1. The quantitative estimate of drug-likeness (QED) is 0.414. The Morgan fingerprint density at radius 3 is 2.65 bits per heavy atom. The summed E-state index contributed by atoms with van der Waals surface area (Å²) in [7, 11) is 0. The first kappa shape index (κ1) is 18.0. The molecule has 1 aliphatic rings. The molecule has 2 aromatic rings. The zero-order chi connectivity index (χ0) is 18.4. The Morgan fingerprint density at radius 1 is 1.19 bits per heavy atom. The van der Waals surface area contributed by atoms with Crippen molar-refractivity contribution in [1.82, 2.24) is 20.3 Å². The van der Waals surface area contributed by atoms with Crippen LogP contribution in [0.5, 0.6) is 0 Å². The highest BCUT2D eigenvalue weighted by atomic mass is 16.5. The molecule has 1 aromatic carbocycles. The number of aromatic nitrogens is 2. The molecule has 8 heteroatoms. The Kier molecular flexibility index (Phi) is 5.90. The van der Waals surface area contributed by atoms with Crippen LogP contribution in [0.3, 0.4) is 0 Å². The fraction of sp³-hybridized carbons (Fsp3) is 0.278. The summed E-state index contributed by atoms with van der Waals surface area (Å²) in [6.07, 6.45) is 7.06. The highest BCUT2D eigenvalue weighted by molar-refractivity contribution is 5.91. The van der Waals surface area contributed by atoms with Gasteiger partial charge in [-0.25, -0.2) is 10.5 Å².